The molecule has 1 fully saturated rings. The molecule has 1 aromatic heterocycles. The van der Waals surface area contributed by atoms with Gasteiger partial charge in [-0.2, -0.15) is 0 Å². The van der Waals surface area contributed by atoms with Gasteiger partial charge in [-0.15, -0.1) is 0 Å². The van der Waals surface area contributed by atoms with Gasteiger partial charge in [0.2, 0.25) is 10.0 Å². The molecule has 3 atom stereocenters. The van der Waals surface area contributed by atoms with E-state index >= 15 is 0 Å². The molecular weight excluding hydrogens is 576 g/mol. The summed E-state index contributed by atoms with van der Waals surface area (Å²) in [6.07, 6.45) is 3.12. The number of nitrogens with one attached hydrogen (secondary N) is 1. The van der Waals surface area contributed by atoms with Gasteiger partial charge >= 0.3 is 6.09 Å². The average Bonchev–Trinajstić information content (AvgIpc) is 3.69. The highest BCUT2D eigenvalue weighted by atomic mass is 32.2. The molecule has 10 heteroatoms. The fraction of sp³-hybridized carbons (Fsp3) is 0.382. The van der Waals surface area contributed by atoms with Crippen LogP contribution in [0, 0.1) is 11.8 Å². The molecule has 1 aliphatic carbocycles. The number of allylic oxidation sites excluding steroid dienone is 1. The summed E-state index contributed by atoms with van der Waals surface area (Å²) < 4.78 is 27.4. The number of rotatable bonds is 14. The second-order valence-electron chi connectivity index (χ2n) is 12.2. The van der Waals surface area contributed by atoms with Gasteiger partial charge in [0, 0.05) is 25.7 Å². The van der Waals surface area contributed by atoms with Crippen molar-refractivity contribution in [1.29, 1.82) is 0 Å². The molecule has 2 N–H and O–H groups in total. The summed E-state index contributed by atoms with van der Waals surface area (Å²) in [6, 6.07) is 22.5. The Morgan fingerprint density at radius 3 is 2.16 bits per heavy atom. The first-order valence-corrected chi connectivity index (χ1v) is 16.3. The van der Waals surface area contributed by atoms with Crippen LogP contribution in [0.1, 0.15) is 55.6 Å². The number of hydrogen-bond donors (Lipinski definition) is 2. The maximum Gasteiger partial charge on any atom is 0.405 e. The lowest BCUT2D eigenvalue weighted by Crippen LogP contribution is -2.45. The number of carboxylic acid groups (broad SMARTS) is 1. The third-order valence-corrected chi connectivity index (χ3v) is 10.2. The zero-order valence-electron chi connectivity index (χ0n) is 26.0. The van der Waals surface area contributed by atoms with E-state index < -0.39 is 32.7 Å². The van der Waals surface area contributed by atoms with Crippen molar-refractivity contribution in [2.24, 2.45) is 11.8 Å². The standard InChI is InChI=1S/C34H42N4O5S/c1-24(2)44(42,43)37(5)31-19-28(30(39)16-17-34(4,36-33(40)41)21-26-12-8-6-9-13-26)20-32(35-31)38(23-29-18-25(29)3)22-27-14-10-7-11-15-27/h6-17,19-20,24-25,29,36H,18,21-23H2,1-5H3,(H,40,41)/b17-16+/t25?,29?,34-/m0/s1. The van der Waals surface area contributed by atoms with Crippen molar-refractivity contribution in [1.82, 2.24) is 10.3 Å². The highest BCUT2D eigenvalue weighted by Crippen LogP contribution is 2.39. The fourth-order valence-electron chi connectivity index (χ4n) is 5.16. The number of pyridine rings is 1. The minimum absolute atomic E-state index is 0.144. The van der Waals surface area contributed by atoms with Crippen LogP contribution in [-0.4, -0.2) is 54.8 Å². The average molecular weight is 619 g/mol. The second kappa shape index (κ2) is 13.6. The maximum atomic E-state index is 13.7. The third-order valence-electron chi connectivity index (χ3n) is 8.06. The zero-order valence-corrected chi connectivity index (χ0v) is 26.8. The predicted octanol–water partition coefficient (Wildman–Crippen LogP) is 5.93. The topological polar surface area (TPSA) is 120 Å². The second-order valence-corrected chi connectivity index (χ2v) is 14.7. The van der Waals surface area contributed by atoms with Gasteiger partial charge in [-0.05, 0) is 74.8 Å². The number of nitrogens with zero attached hydrogens (tertiary/aromatic N) is 3. The Balaban J connectivity index is 1.75. The molecule has 1 amide bonds. The summed E-state index contributed by atoms with van der Waals surface area (Å²) in [5.74, 6) is 1.31. The molecule has 1 aliphatic rings. The third kappa shape index (κ3) is 8.47. The summed E-state index contributed by atoms with van der Waals surface area (Å²) in [4.78, 5) is 32.3. The van der Waals surface area contributed by atoms with Crippen LogP contribution in [0.3, 0.4) is 0 Å². The molecule has 2 unspecified atom stereocenters. The molecule has 0 spiro atoms. The molecule has 0 aliphatic heterocycles. The van der Waals surface area contributed by atoms with E-state index in [-0.39, 0.29) is 11.4 Å². The lowest BCUT2D eigenvalue weighted by molar-refractivity contribution is 0.104. The summed E-state index contributed by atoms with van der Waals surface area (Å²) >= 11 is 0. The van der Waals surface area contributed by atoms with Crippen molar-refractivity contribution in [2.75, 3.05) is 22.8 Å². The van der Waals surface area contributed by atoms with Gasteiger partial charge < -0.3 is 15.3 Å². The van der Waals surface area contributed by atoms with Crippen LogP contribution in [0.5, 0.6) is 0 Å². The predicted molar refractivity (Wildman–Crippen MR) is 175 cm³/mol. The molecule has 4 rings (SSSR count). The number of anilines is 2. The first kappa shape index (κ1) is 32.7. The van der Waals surface area contributed by atoms with E-state index in [9.17, 15) is 23.1 Å². The number of sulfonamides is 1. The van der Waals surface area contributed by atoms with Crippen LogP contribution in [0.25, 0.3) is 0 Å². The Hall–Kier alpha value is -4.18. The number of ketones is 1. The Bertz CT molecular complexity index is 1590. The van der Waals surface area contributed by atoms with Crippen LogP contribution >= 0.6 is 0 Å². The SMILES string of the molecule is CC1CC1CN(Cc1ccccc1)c1cc(C(=O)/C=C/[C@@](C)(Cc2ccccc2)NC(=O)O)cc(N(C)S(=O)(=O)C(C)C)n1. The fourth-order valence-corrected chi connectivity index (χ4v) is 6.14. The van der Waals surface area contributed by atoms with Crippen molar-refractivity contribution < 1.29 is 23.1 Å². The number of hydrogen-bond acceptors (Lipinski definition) is 6. The number of carbonyl (C=O) groups is 2. The van der Waals surface area contributed by atoms with Crippen LogP contribution in [0.4, 0.5) is 16.4 Å². The largest absolute Gasteiger partial charge is 0.465 e. The molecule has 234 valence electrons. The summed E-state index contributed by atoms with van der Waals surface area (Å²) in [6.45, 7) is 8.38. The quantitative estimate of drug-likeness (QED) is 0.170. The van der Waals surface area contributed by atoms with E-state index in [2.05, 4.69) is 17.1 Å². The Kier molecular flexibility index (Phi) is 10.1. The van der Waals surface area contributed by atoms with E-state index in [1.165, 1.54) is 19.2 Å². The summed E-state index contributed by atoms with van der Waals surface area (Å²) in [5, 5.41) is 11.4. The van der Waals surface area contributed by atoms with Crippen molar-refractivity contribution in [2.45, 2.75) is 57.9 Å². The Labute approximate surface area is 260 Å². The normalized spacial score (nSPS) is 17.7. The van der Waals surface area contributed by atoms with E-state index in [1.807, 2.05) is 60.7 Å². The van der Waals surface area contributed by atoms with E-state index in [4.69, 9.17) is 4.98 Å². The molecule has 44 heavy (non-hydrogen) atoms. The lowest BCUT2D eigenvalue weighted by Gasteiger charge is -2.28. The zero-order chi connectivity index (χ0) is 32.1. The number of amides is 1. The van der Waals surface area contributed by atoms with Gasteiger partial charge in [-0.1, -0.05) is 73.7 Å². The molecule has 1 heterocycles. The molecule has 2 aromatic carbocycles. The van der Waals surface area contributed by atoms with Crippen molar-refractivity contribution in [3.63, 3.8) is 0 Å². The smallest absolute Gasteiger partial charge is 0.405 e. The number of aromatic nitrogens is 1. The number of benzene rings is 2. The van der Waals surface area contributed by atoms with E-state index in [0.29, 0.717) is 37.2 Å². The molecule has 0 radical (unpaired) electrons. The Morgan fingerprint density at radius 2 is 1.61 bits per heavy atom. The molecule has 9 nitrogen and oxygen atoms in total. The van der Waals surface area contributed by atoms with Crippen molar-refractivity contribution in [3.05, 3.63) is 102 Å². The summed E-state index contributed by atoms with van der Waals surface area (Å²) in [7, 11) is -2.28. The van der Waals surface area contributed by atoms with Crippen molar-refractivity contribution in [3.8, 4) is 0 Å². The van der Waals surface area contributed by atoms with Gasteiger partial charge in [0.1, 0.15) is 11.6 Å². The number of carbonyl (C=O) groups excluding carboxylic acids is 1. The maximum absolute atomic E-state index is 13.7. The molecule has 3 aromatic rings. The van der Waals surface area contributed by atoms with Crippen LogP contribution in [0.15, 0.2) is 84.9 Å². The molecule has 0 bridgehead atoms. The van der Waals surface area contributed by atoms with Crippen LogP contribution in [0.2, 0.25) is 0 Å². The highest BCUT2D eigenvalue weighted by Gasteiger charge is 2.35. The van der Waals surface area contributed by atoms with E-state index in [1.54, 1.807) is 32.9 Å². The first-order valence-electron chi connectivity index (χ1n) is 14.8. The van der Waals surface area contributed by atoms with Crippen LogP contribution in [-0.2, 0) is 23.0 Å². The van der Waals surface area contributed by atoms with Gasteiger partial charge in [0.05, 0.1) is 10.8 Å². The minimum atomic E-state index is -3.73. The molecule has 1 saturated carbocycles. The van der Waals surface area contributed by atoms with Gasteiger partial charge in [-0.3, -0.25) is 9.10 Å². The monoisotopic (exact) mass is 618 g/mol. The minimum Gasteiger partial charge on any atom is -0.465 e. The Morgan fingerprint density at radius 1 is 1.05 bits per heavy atom. The van der Waals surface area contributed by atoms with E-state index in [0.717, 1.165) is 21.9 Å². The van der Waals surface area contributed by atoms with Gasteiger partial charge in [-0.25, -0.2) is 18.2 Å². The van der Waals surface area contributed by atoms with Crippen LogP contribution < -0.4 is 14.5 Å². The van der Waals surface area contributed by atoms with Gasteiger partial charge in [0.15, 0.2) is 5.78 Å². The highest BCUT2D eigenvalue weighted by molar-refractivity contribution is 7.93. The lowest BCUT2D eigenvalue weighted by atomic mass is 9.91. The molecular formula is C34H42N4O5S. The molecule has 0 saturated heterocycles. The van der Waals surface area contributed by atoms with Gasteiger partial charge in [0.25, 0.3) is 0 Å². The summed E-state index contributed by atoms with van der Waals surface area (Å²) in [5.41, 5.74) is 1.16. The van der Waals surface area contributed by atoms with Crippen molar-refractivity contribution >= 4 is 33.5 Å². The first-order chi connectivity index (χ1) is 20.8.